The van der Waals surface area contributed by atoms with E-state index in [1.807, 2.05) is 0 Å². The number of amides is 1. The number of benzene rings is 3. The molecule has 0 saturated heterocycles. The van der Waals surface area contributed by atoms with Gasteiger partial charge >= 0.3 is 6.18 Å². The molecule has 0 aliphatic heterocycles. The number of nitrogens with zero attached hydrogens (tertiary/aromatic N) is 4. The minimum absolute atomic E-state index is 0.0788. The highest BCUT2D eigenvalue weighted by atomic mass is 19.4. The van der Waals surface area contributed by atoms with Crippen molar-refractivity contribution < 1.29 is 27.5 Å². The Labute approximate surface area is 203 Å². The summed E-state index contributed by atoms with van der Waals surface area (Å²) in [6, 6.07) is 18.6. The molecule has 0 bridgehead atoms. The maximum Gasteiger partial charge on any atom is 0.421 e. The molecule has 7 nitrogen and oxygen atoms in total. The van der Waals surface area contributed by atoms with Crippen molar-refractivity contribution in [1.29, 1.82) is 0 Å². The molecule has 0 aliphatic rings. The van der Waals surface area contributed by atoms with Crippen LogP contribution in [0.2, 0.25) is 0 Å². The summed E-state index contributed by atoms with van der Waals surface area (Å²) >= 11 is 0. The summed E-state index contributed by atoms with van der Waals surface area (Å²) < 4.78 is 55.8. The number of carbonyl (C=O) groups excluding carboxylic acids is 1. The number of nitrogens with one attached hydrogen (secondary N) is 1. The zero-order valence-electron chi connectivity index (χ0n) is 18.8. The molecule has 0 saturated carbocycles. The number of aromatic amines is 1. The normalized spacial score (nSPS) is 13.2. The van der Waals surface area contributed by atoms with Gasteiger partial charge in [0.05, 0.1) is 6.42 Å². The predicted molar refractivity (Wildman–Crippen MR) is 121 cm³/mol. The van der Waals surface area contributed by atoms with Gasteiger partial charge in [0.15, 0.2) is 5.60 Å². The minimum Gasteiger partial charge on any atom is -0.376 e. The molecule has 4 rings (SSSR count). The second-order valence-electron chi connectivity index (χ2n) is 8.21. The third kappa shape index (κ3) is 5.57. The summed E-state index contributed by atoms with van der Waals surface area (Å²) in [6.07, 6.45) is -6.35. The first-order chi connectivity index (χ1) is 17.2. The molecule has 1 aromatic heterocycles. The third-order valence-corrected chi connectivity index (χ3v) is 5.67. The van der Waals surface area contributed by atoms with E-state index in [1.165, 1.54) is 36.4 Å². The van der Waals surface area contributed by atoms with Gasteiger partial charge in [0.25, 0.3) is 0 Å². The van der Waals surface area contributed by atoms with Crippen LogP contribution in [0.1, 0.15) is 23.1 Å². The second-order valence-corrected chi connectivity index (χ2v) is 8.21. The Hall–Kier alpha value is -4.12. The Bertz CT molecular complexity index is 1300. The molecule has 186 valence electrons. The van der Waals surface area contributed by atoms with Crippen LogP contribution in [0, 0.1) is 5.82 Å². The molecule has 1 unspecified atom stereocenters. The third-order valence-electron chi connectivity index (χ3n) is 5.67. The van der Waals surface area contributed by atoms with Crippen LogP contribution in [-0.2, 0) is 23.5 Å². The zero-order valence-corrected chi connectivity index (χ0v) is 18.8. The summed E-state index contributed by atoms with van der Waals surface area (Å²) in [5.41, 5.74) is -2.20. The molecule has 2 N–H and O–H groups in total. The topological polar surface area (TPSA) is 95.0 Å². The molecule has 0 aliphatic carbocycles. The van der Waals surface area contributed by atoms with Gasteiger partial charge < -0.3 is 10.0 Å². The predicted octanol–water partition coefficient (Wildman–Crippen LogP) is 4.37. The Morgan fingerprint density at radius 3 is 2.22 bits per heavy atom. The summed E-state index contributed by atoms with van der Waals surface area (Å²) in [7, 11) is 0. The maximum atomic E-state index is 14.0. The van der Waals surface area contributed by atoms with Crippen LogP contribution in [0.15, 0.2) is 78.9 Å². The molecule has 36 heavy (non-hydrogen) atoms. The highest BCUT2D eigenvalue weighted by Crippen LogP contribution is 2.42. The second kappa shape index (κ2) is 10.2. The smallest absolute Gasteiger partial charge is 0.376 e. The van der Waals surface area contributed by atoms with Gasteiger partial charge in [-0.3, -0.25) is 4.79 Å². The van der Waals surface area contributed by atoms with Gasteiger partial charge in [-0.15, -0.1) is 10.2 Å². The van der Waals surface area contributed by atoms with Crippen molar-refractivity contribution in [2.75, 3.05) is 0 Å². The molecule has 3 aromatic carbocycles. The average molecular weight is 499 g/mol. The van der Waals surface area contributed by atoms with Crippen LogP contribution >= 0.6 is 0 Å². The van der Waals surface area contributed by atoms with Crippen LogP contribution in [0.4, 0.5) is 17.6 Å². The van der Waals surface area contributed by atoms with E-state index in [1.54, 1.807) is 30.3 Å². The van der Waals surface area contributed by atoms with Gasteiger partial charge in [-0.05, 0) is 34.0 Å². The van der Waals surface area contributed by atoms with Crippen molar-refractivity contribution in [3.8, 4) is 11.4 Å². The molecule has 11 heteroatoms. The van der Waals surface area contributed by atoms with E-state index >= 15 is 0 Å². The Morgan fingerprint density at radius 2 is 1.61 bits per heavy atom. The van der Waals surface area contributed by atoms with Crippen molar-refractivity contribution in [2.45, 2.75) is 31.3 Å². The van der Waals surface area contributed by atoms with Crippen molar-refractivity contribution >= 4 is 5.91 Å². The summed E-state index contributed by atoms with van der Waals surface area (Å²) in [5, 5.41) is 24.3. The highest BCUT2D eigenvalue weighted by Gasteiger charge is 2.56. The van der Waals surface area contributed by atoms with Crippen LogP contribution < -0.4 is 0 Å². The largest absolute Gasteiger partial charge is 0.421 e. The van der Waals surface area contributed by atoms with Crippen molar-refractivity contribution in [3.63, 3.8) is 0 Å². The SMILES string of the molecule is O=C(CC(O)(c1ccccc1)C(F)(F)F)N(Cc1ccc(-c2nn[nH]n2)cc1)Cc1cccc(F)c1. The van der Waals surface area contributed by atoms with Crippen LogP contribution in [0.3, 0.4) is 0 Å². The molecule has 1 atom stereocenters. The molecule has 0 radical (unpaired) electrons. The van der Waals surface area contributed by atoms with E-state index in [0.29, 0.717) is 22.5 Å². The number of hydrogen-bond donors (Lipinski definition) is 2. The molecule has 0 fully saturated rings. The molecule has 0 spiro atoms. The minimum atomic E-state index is -5.11. The van der Waals surface area contributed by atoms with Crippen LogP contribution in [-0.4, -0.2) is 42.7 Å². The van der Waals surface area contributed by atoms with Crippen LogP contribution in [0.5, 0.6) is 0 Å². The van der Waals surface area contributed by atoms with E-state index < -0.39 is 35.5 Å². The van der Waals surface area contributed by atoms with Gasteiger partial charge in [0.1, 0.15) is 5.82 Å². The van der Waals surface area contributed by atoms with E-state index in [0.717, 1.165) is 17.0 Å². The number of H-pyrrole nitrogens is 1. The summed E-state index contributed by atoms with van der Waals surface area (Å²) in [5.74, 6) is -1.14. The molecule has 1 heterocycles. The first-order valence-electron chi connectivity index (χ1n) is 10.9. The maximum absolute atomic E-state index is 14.0. The first-order valence-corrected chi connectivity index (χ1v) is 10.9. The quantitative estimate of drug-likeness (QED) is 0.351. The monoisotopic (exact) mass is 499 g/mol. The van der Waals surface area contributed by atoms with Gasteiger partial charge in [-0.2, -0.15) is 18.4 Å². The number of aliphatic hydroxyl groups is 1. The van der Waals surface area contributed by atoms with E-state index in [9.17, 15) is 27.5 Å². The Kier molecular flexibility index (Phi) is 7.11. The molecule has 1 amide bonds. The Morgan fingerprint density at radius 1 is 0.917 bits per heavy atom. The van der Waals surface area contributed by atoms with Gasteiger partial charge in [-0.1, -0.05) is 66.7 Å². The van der Waals surface area contributed by atoms with E-state index in [4.69, 9.17) is 0 Å². The number of alkyl halides is 3. The molecule has 4 aromatic rings. The average Bonchev–Trinajstić information content (AvgIpc) is 3.39. The van der Waals surface area contributed by atoms with E-state index in [-0.39, 0.29) is 13.1 Å². The molecular formula is C25H21F4N5O2. The van der Waals surface area contributed by atoms with Gasteiger partial charge in [-0.25, -0.2) is 4.39 Å². The van der Waals surface area contributed by atoms with Crippen molar-refractivity contribution in [2.24, 2.45) is 0 Å². The fraction of sp³-hybridized carbons (Fsp3) is 0.200. The fourth-order valence-corrected chi connectivity index (χ4v) is 3.76. The number of halogens is 4. The number of rotatable bonds is 8. The fourth-order valence-electron chi connectivity index (χ4n) is 3.76. The van der Waals surface area contributed by atoms with Crippen molar-refractivity contribution in [1.82, 2.24) is 25.5 Å². The highest BCUT2D eigenvalue weighted by molar-refractivity contribution is 5.78. The standard InChI is InChI=1S/C25H21F4N5O2/c26-21-8-4-5-18(13-21)16-34(15-17-9-11-19(12-10-17)23-30-32-33-31-23)22(35)14-24(36,25(27,28)29)20-6-2-1-3-7-20/h1-13,36H,14-16H2,(H,30,31,32,33). The number of tetrazole rings is 1. The summed E-state index contributed by atoms with van der Waals surface area (Å²) in [6.45, 7) is -0.240. The first kappa shape index (κ1) is 25.0. The number of carbonyl (C=O) groups is 1. The number of aromatic nitrogens is 4. The lowest BCUT2D eigenvalue weighted by molar-refractivity contribution is -0.268. The lowest BCUT2D eigenvalue weighted by Crippen LogP contribution is -2.46. The van der Waals surface area contributed by atoms with Crippen molar-refractivity contribution in [3.05, 3.63) is 101 Å². The lowest BCUT2D eigenvalue weighted by atomic mass is 9.89. The zero-order chi connectivity index (χ0) is 25.8. The molecular weight excluding hydrogens is 478 g/mol. The van der Waals surface area contributed by atoms with Crippen LogP contribution in [0.25, 0.3) is 11.4 Å². The van der Waals surface area contributed by atoms with Gasteiger partial charge in [0.2, 0.25) is 11.7 Å². The Balaban J connectivity index is 1.62. The van der Waals surface area contributed by atoms with E-state index in [2.05, 4.69) is 20.6 Å². The number of hydrogen-bond acceptors (Lipinski definition) is 5. The van der Waals surface area contributed by atoms with Gasteiger partial charge in [0, 0.05) is 18.7 Å². The lowest BCUT2D eigenvalue weighted by Gasteiger charge is -2.33. The summed E-state index contributed by atoms with van der Waals surface area (Å²) in [4.78, 5) is 14.4.